The highest BCUT2D eigenvalue weighted by molar-refractivity contribution is 5.92. The van der Waals surface area contributed by atoms with Crippen LogP contribution in [0, 0.1) is 13.8 Å². The van der Waals surface area contributed by atoms with Crippen LogP contribution in [-0.4, -0.2) is 45.0 Å². The summed E-state index contributed by atoms with van der Waals surface area (Å²) in [6, 6.07) is 6.25. The highest BCUT2D eigenvalue weighted by Crippen LogP contribution is 2.23. The van der Waals surface area contributed by atoms with Crippen LogP contribution in [0.25, 0.3) is 11.0 Å². The Labute approximate surface area is 157 Å². The molecule has 7 heteroatoms. The van der Waals surface area contributed by atoms with Crippen molar-refractivity contribution >= 4 is 22.8 Å². The van der Waals surface area contributed by atoms with Crippen LogP contribution in [0.4, 0.5) is 5.82 Å². The van der Waals surface area contributed by atoms with Gasteiger partial charge in [-0.1, -0.05) is 0 Å². The molecular weight excluding hydrogens is 340 g/mol. The number of fused-ring (bicyclic) bond motifs is 1. The van der Waals surface area contributed by atoms with E-state index in [2.05, 4.69) is 44.2 Å². The topological polar surface area (TPSA) is 83.9 Å². The lowest BCUT2D eigenvalue weighted by atomic mass is 10.1. The summed E-state index contributed by atoms with van der Waals surface area (Å²) in [5, 5.41) is 4.14. The molecule has 0 radical (unpaired) electrons. The Bertz CT molecular complexity index is 975. The third-order valence-electron chi connectivity index (χ3n) is 4.87. The van der Waals surface area contributed by atoms with Gasteiger partial charge in [-0.15, -0.1) is 0 Å². The quantitative estimate of drug-likeness (QED) is 0.770. The summed E-state index contributed by atoms with van der Waals surface area (Å²) in [4.78, 5) is 31.9. The van der Waals surface area contributed by atoms with Crippen molar-refractivity contribution in [3.8, 4) is 0 Å². The highest BCUT2D eigenvalue weighted by atomic mass is 16.2. The second-order valence-corrected chi connectivity index (χ2v) is 6.97. The van der Waals surface area contributed by atoms with Crippen molar-refractivity contribution in [2.24, 2.45) is 0 Å². The van der Waals surface area contributed by atoms with E-state index in [1.165, 1.54) is 18.0 Å². The summed E-state index contributed by atoms with van der Waals surface area (Å²) in [5.41, 5.74) is 3.27. The number of nitrogens with zero attached hydrogens (tertiary/aromatic N) is 5. The molecule has 1 unspecified atom stereocenters. The lowest BCUT2D eigenvalue weighted by Crippen LogP contribution is -2.48. The van der Waals surface area contributed by atoms with Gasteiger partial charge in [0.1, 0.15) is 11.5 Å². The van der Waals surface area contributed by atoms with Gasteiger partial charge in [0.2, 0.25) is 0 Å². The first kappa shape index (κ1) is 17.3. The largest absolute Gasteiger partial charge is 0.354 e. The number of amides is 1. The molecule has 3 aromatic rings. The van der Waals surface area contributed by atoms with Gasteiger partial charge in [-0.2, -0.15) is 0 Å². The van der Waals surface area contributed by atoms with E-state index in [9.17, 15) is 4.79 Å². The van der Waals surface area contributed by atoms with Crippen LogP contribution in [0.5, 0.6) is 0 Å². The SMILES string of the molecule is Cc1cc(C)c2ccc(N3CCCC(NC(=O)c4cnccn4)C3)nc2n1. The highest BCUT2D eigenvalue weighted by Gasteiger charge is 2.23. The minimum absolute atomic E-state index is 0.0537. The molecule has 1 atom stereocenters. The Hall–Kier alpha value is -3.09. The number of carbonyl (C=O) groups is 1. The fourth-order valence-electron chi connectivity index (χ4n) is 3.58. The third-order valence-corrected chi connectivity index (χ3v) is 4.87. The molecule has 27 heavy (non-hydrogen) atoms. The Kier molecular flexibility index (Phi) is 4.66. The number of hydrogen-bond donors (Lipinski definition) is 1. The van der Waals surface area contributed by atoms with E-state index in [1.54, 1.807) is 6.20 Å². The number of piperidine rings is 1. The molecule has 0 saturated carbocycles. The summed E-state index contributed by atoms with van der Waals surface area (Å²) < 4.78 is 0. The van der Waals surface area contributed by atoms with E-state index in [4.69, 9.17) is 4.98 Å². The molecular formula is C20H22N6O. The van der Waals surface area contributed by atoms with Crippen LogP contribution in [0.2, 0.25) is 0 Å². The van der Waals surface area contributed by atoms with E-state index in [-0.39, 0.29) is 11.9 Å². The van der Waals surface area contributed by atoms with Gasteiger partial charge in [0.25, 0.3) is 5.91 Å². The van der Waals surface area contributed by atoms with Gasteiger partial charge in [0.05, 0.1) is 6.20 Å². The Morgan fingerprint density at radius 2 is 2.11 bits per heavy atom. The minimum Gasteiger partial charge on any atom is -0.354 e. The summed E-state index contributed by atoms with van der Waals surface area (Å²) >= 11 is 0. The van der Waals surface area contributed by atoms with Crippen LogP contribution in [-0.2, 0) is 0 Å². The second kappa shape index (κ2) is 7.26. The van der Waals surface area contributed by atoms with Crippen molar-refractivity contribution in [3.63, 3.8) is 0 Å². The number of nitrogens with one attached hydrogen (secondary N) is 1. The van der Waals surface area contributed by atoms with E-state index in [0.717, 1.165) is 48.5 Å². The number of anilines is 1. The lowest BCUT2D eigenvalue weighted by Gasteiger charge is -2.34. The second-order valence-electron chi connectivity index (χ2n) is 6.97. The predicted octanol–water partition coefficient (Wildman–Crippen LogP) is 2.44. The lowest BCUT2D eigenvalue weighted by molar-refractivity contribution is 0.0927. The molecule has 1 N–H and O–H groups in total. The number of carbonyl (C=O) groups excluding carboxylic acids is 1. The van der Waals surface area contributed by atoms with Crippen molar-refractivity contribution in [3.05, 3.63) is 53.7 Å². The third kappa shape index (κ3) is 3.72. The smallest absolute Gasteiger partial charge is 0.271 e. The predicted molar refractivity (Wildman–Crippen MR) is 104 cm³/mol. The molecule has 0 bridgehead atoms. The summed E-state index contributed by atoms with van der Waals surface area (Å²) in [6.45, 7) is 5.70. The average molecular weight is 362 g/mol. The molecule has 1 aliphatic rings. The molecule has 1 aliphatic heterocycles. The van der Waals surface area contributed by atoms with Crippen molar-refractivity contribution in [2.75, 3.05) is 18.0 Å². The van der Waals surface area contributed by atoms with E-state index < -0.39 is 0 Å². The van der Waals surface area contributed by atoms with Gasteiger partial charge in [-0.05, 0) is 50.5 Å². The zero-order chi connectivity index (χ0) is 18.8. The van der Waals surface area contributed by atoms with Crippen molar-refractivity contribution in [1.29, 1.82) is 0 Å². The number of rotatable bonds is 3. The fourth-order valence-corrected chi connectivity index (χ4v) is 3.58. The number of hydrogen-bond acceptors (Lipinski definition) is 6. The normalized spacial score (nSPS) is 17.1. The Balaban J connectivity index is 1.51. The van der Waals surface area contributed by atoms with Crippen LogP contribution in [0.1, 0.15) is 34.6 Å². The molecule has 138 valence electrons. The molecule has 3 aromatic heterocycles. The molecule has 1 fully saturated rings. The monoisotopic (exact) mass is 362 g/mol. The maximum absolute atomic E-state index is 12.3. The zero-order valence-electron chi connectivity index (χ0n) is 15.5. The Morgan fingerprint density at radius 1 is 1.22 bits per heavy atom. The number of aromatic nitrogens is 4. The van der Waals surface area contributed by atoms with Crippen molar-refractivity contribution in [2.45, 2.75) is 32.7 Å². The van der Waals surface area contributed by atoms with Crippen molar-refractivity contribution in [1.82, 2.24) is 25.3 Å². The number of pyridine rings is 2. The van der Waals surface area contributed by atoms with Crippen molar-refractivity contribution < 1.29 is 4.79 Å². The molecule has 1 saturated heterocycles. The maximum atomic E-state index is 12.3. The van der Waals surface area contributed by atoms with Gasteiger partial charge in [-0.3, -0.25) is 9.78 Å². The van der Waals surface area contributed by atoms with Crippen LogP contribution in [0.15, 0.2) is 36.8 Å². The maximum Gasteiger partial charge on any atom is 0.271 e. The first-order chi connectivity index (χ1) is 13.1. The molecule has 0 spiro atoms. The zero-order valence-corrected chi connectivity index (χ0v) is 15.5. The van der Waals surface area contributed by atoms with E-state index in [0.29, 0.717) is 5.69 Å². The van der Waals surface area contributed by atoms with Crippen LogP contribution >= 0.6 is 0 Å². The molecule has 0 aromatic carbocycles. The van der Waals surface area contributed by atoms with Crippen LogP contribution in [0.3, 0.4) is 0 Å². The summed E-state index contributed by atoms with van der Waals surface area (Å²) in [7, 11) is 0. The first-order valence-corrected chi connectivity index (χ1v) is 9.17. The molecule has 4 rings (SSSR count). The molecule has 7 nitrogen and oxygen atoms in total. The van der Waals surface area contributed by atoms with E-state index >= 15 is 0 Å². The summed E-state index contributed by atoms with van der Waals surface area (Å²) in [6.07, 6.45) is 6.50. The average Bonchev–Trinajstić information content (AvgIpc) is 2.68. The molecule has 0 aliphatic carbocycles. The fraction of sp³-hybridized carbons (Fsp3) is 0.350. The number of aryl methyl sites for hydroxylation is 2. The van der Waals surface area contributed by atoms with Gasteiger partial charge in [0.15, 0.2) is 5.65 Å². The standard InChI is InChI=1S/C20H22N6O/c1-13-10-14(2)23-19-16(13)5-6-18(25-19)26-9-3-4-15(12-26)24-20(27)17-11-21-7-8-22-17/h5-8,10-11,15H,3-4,9,12H2,1-2H3,(H,24,27). The molecule has 4 heterocycles. The minimum atomic E-state index is -0.186. The van der Waals surface area contributed by atoms with Crippen LogP contribution < -0.4 is 10.2 Å². The van der Waals surface area contributed by atoms with E-state index in [1.807, 2.05) is 13.0 Å². The molecule has 1 amide bonds. The Morgan fingerprint density at radius 3 is 2.93 bits per heavy atom. The van der Waals surface area contributed by atoms with Gasteiger partial charge < -0.3 is 10.2 Å². The first-order valence-electron chi connectivity index (χ1n) is 9.17. The van der Waals surface area contributed by atoms with Gasteiger partial charge in [-0.25, -0.2) is 15.0 Å². The van der Waals surface area contributed by atoms with Gasteiger partial charge in [0, 0.05) is 42.6 Å². The van der Waals surface area contributed by atoms with Gasteiger partial charge >= 0.3 is 0 Å². The summed E-state index contributed by atoms with van der Waals surface area (Å²) in [5.74, 6) is 0.716.